The monoisotopic (exact) mass is 474 g/mol. The molecule has 170 valence electrons. The van der Waals surface area contributed by atoms with Gasteiger partial charge in [0.15, 0.2) is 0 Å². The summed E-state index contributed by atoms with van der Waals surface area (Å²) in [6.45, 7) is 7.47. The molecule has 1 fully saturated rings. The minimum absolute atomic E-state index is 0.00383. The van der Waals surface area contributed by atoms with E-state index in [2.05, 4.69) is 18.7 Å². The van der Waals surface area contributed by atoms with Crippen molar-refractivity contribution in [3.8, 4) is 0 Å². The van der Waals surface area contributed by atoms with Gasteiger partial charge < -0.3 is 10.0 Å². The van der Waals surface area contributed by atoms with Crippen LogP contribution in [0.15, 0.2) is 28.0 Å². The quantitative estimate of drug-likeness (QED) is 0.437. The average molecular weight is 475 g/mol. The molecule has 0 aliphatic carbocycles. The number of thiocarbonyl (C=S) groups is 1. The number of aryl methyl sites for hydroxylation is 1. The van der Waals surface area contributed by atoms with E-state index in [-0.39, 0.29) is 22.8 Å². The minimum atomic E-state index is -1.01. The van der Waals surface area contributed by atoms with Crippen LogP contribution in [-0.4, -0.2) is 55.2 Å². The van der Waals surface area contributed by atoms with E-state index < -0.39 is 11.9 Å². The number of hydrogen-bond donors (Lipinski definition) is 1. The number of hydrogen-bond acceptors (Lipinski definition) is 7. The van der Waals surface area contributed by atoms with Crippen molar-refractivity contribution < 1.29 is 14.7 Å². The third kappa shape index (κ3) is 5.02. The van der Waals surface area contributed by atoms with Crippen molar-refractivity contribution in [3.05, 3.63) is 44.7 Å². The van der Waals surface area contributed by atoms with Crippen molar-refractivity contribution in [2.24, 2.45) is 0 Å². The Labute approximate surface area is 195 Å². The number of rotatable bonds is 9. The summed E-state index contributed by atoms with van der Waals surface area (Å²) < 4.78 is 1.78. The van der Waals surface area contributed by atoms with E-state index in [0.29, 0.717) is 21.9 Å². The van der Waals surface area contributed by atoms with Gasteiger partial charge in [-0.3, -0.25) is 23.7 Å². The van der Waals surface area contributed by atoms with Gasteiger partial charge >= 0.3 is 5.97 Å². The van der Waals surface area contributed by atoms with Crippen LogP contribution in [-0.2, 0) is 9.59 Å². The minimum Gasteiger partial charge on any atom is -0.481 e. The maximum Gasteiger partial charge on any atom is 0.305 e. The molecule has 1 aliphatic rings. The molecule has 1 N–H and O–H groups in total. The van der Waals surface area contributed by atoms with E-state index in [0.717, 1.165) is 43.3 Å². The summed E-state index contributed by atoms with van der Waals surface area (Å²) in [6, 6.07) is 3.72. The molecule has 0 unspecified atom stereocenters. The number of carbonyl (C=O) groups excluding carboxylic acids is 1. The van der Waals surface area contributed by atoms with E-state index >= 15 is 0 Å². The number of carboxylic acids is 1. The van der Waals surface area contributed by atoms with Gasteiger partial charge in [0.25, 0.3) is 11.5 Å². The number of aliphatic carboxylic acids is 1. The summed E-state index contributed by atoms with van der Waals surface area (Å²) in [6.07, 6.45) is 4.84. The highest BCUT2D eigenvalue weighted by molar-refractivity contribution is 8.26. The highest BCUT2D eigenvalue weighted by Crippen LogP contribution is 2.33. The lowest BCUT2D eigenvalue weighted by atomic mass is 10.2. The van der Waals surface area contributed by atoms with E-state index in [1.807, 2.05) is 19.1 Å². The summed E-state index contributed by atoms with van der Waals surface area (Å²) >= 11 is 6.36. The highest BCUT2D eigenvalue weighted by atomic mass is 32.2. The second-order valence-electron chi connectivity index (χ2n) is 7.55. The Bertz CT molecular complexity index is 1150. The Hall–Kier alpha value is -2.72. The van der Waals surface area contributed by atoms with Crippen LogP contribution in [0.4, 0.5) is 5.82 Å². The number of amides is 1. The van der Waals surface area contributed by atoms with Gasteiger partial charge in [0.1, 0.15) is 15.8 Å². The SMILES string of the molecule is CCCN(CCC)c1nc2ccc(C)cn2c(=O)c1/C=C1\SC(=S)N(CCC(=O)O)C1=O. The van der Waals surface area contributed by atoms with Gasteiger partial charge in [-0.2, -0.15) is 0 Å². The van der Waals surface area contributed by atoms with Crippen LogP contribution in [0.2, 0.25) is 0 Å². The second kappa shape index (κ2) is 10.3. The second-order valence-corrected chi connectivity index (χ2v) is 9.23. The third-order valence-corrected chi connectivity index (χ3v) is 6.35. The van der Waals surface area contributed by atoms with Crippen LogP contribution < -0.4 is 10.5 Å². The fourth-order valence-electron chi connectivity index (χ4n) is 3.51. The fraction of sp³-hybridized carbons (Fsp3) is 0.409. The first kappa shape index (κ1) is 23.9. The molecular formula is C22H26N4O4S2. The Balaban J connectivity index is 2.15. The van der Waals surface area contributed by atoms with E-state index in [1.54, 1.807) is 12.3 Å². The summed E-state index contributed by atoms with van der Waals surface area (Å²) in [5, 5.41) is 8.94. The molecule has 1 amide bonds. The lowest BCUT2D eigenvalue weighted by Crippen LogP contribution is -2.31. The molecule has 0 spiro atoms. The number of aromatic nitrogens is 2. The van der Waals surface area contributed by atoms with Crippen molar-refractivity contribution in [2.45, 2.75) is 40.0 Å². The van der Waals surface area contributed by atoms with Crippen molar-refractivity contribution in [3.63, 3.8) is 0 Å². The first-order valence-corrected chi connectivity index (χ1v) is 11.7. The maximum absolute atomic E-state index is 13.5. The zero-order valence-corrected chi connectivity index (χ0v) is 20.0. The number of fused-ring (bicyclic) bond motifs is 1. The lowest BCUT2D eigenvalue weighted by molar-refractivity contribution is -0.137. The molecule has 3 rings (SSSR count). The van der Waals surface area contributed by atoms with Gasteiger partial charge in [-0.25, -0.2) is 4.98 Å². The van der Waals surface area contributed by atoms with E-state index in [1.165, 1.54) is 9.30 Å². The number of thioether (sulfide) groups is 1. The normalized spacial score (nSPS) is 15.2. The van der Waals surface area contributed by atoms with Crippen LogP contribution in [0.25, 0.3) is 11.7 Å². The van der Waals surface area contributed by atoms with E-state index in [4.69, 9.17) is 22.3 Å². The van der Waals surface area contributed by atoms with Gasteiger partial charge in [-0.1, -0.05) is 43.9 Å². The van der Waals surface area contributed by atoms with Gasteiger partial charge in [0, 0.05) is 25.8 Å². The zero-order valence-electron chi connectivity index (χ0n) is 18.3. The molecule has 0 saturated carbocycles. The summed E-state index contributed by atoms with van der Waals surface area (Å²) in [5.41, 5.74) is 1.52. The summed E-state index contributed by atoms with van der Waals surface area (Å²) in [5.74, 6) is -0.857. The van der Waals surface area contributed by atoms with Gasteiger partial charge in [-0.15, -0.1) is 0 Å². The summed E-state index contributed by atoms with van der Waals surface area (Å²) in [4.78, 5) is 45.7. The number of carbonyl (C=O) groups is 2. The van der Waals surface area contributed by atoms with Gasteiger partial charge in [0.2, 0.25) is 0 Å². The molecule has 32 heavy (non-hydrogen) atoms. The molecule has 8 nitrogen and oxygen atoms in total. The smallest absolute Gasteiger partial charge is 0.305 e. The van der Waals surface area contributed by atoms with Crippen molar-refractivity contribution in [2.75, 3.05) is 24.5 Å². The van der Waals surface area contributed by atoms with Crippen molar-refractivity contribution >= 4 is 57.7 Å². The molecule has 0 bridgehead atoms. The lowest BCUT2D eigenvalue weighted by Gasteiger charge is -2.24. The zero-order chi connectivity index (χ0) is 23.4. The number of pyridine rings is 1. The van der Waals surface area contributed by atoms with Crippen LogP contribution in [0.3, 0.4) is 0 Å². The van der Waals surface area contributed by atoms with Crippen LogP contribution in [0.5, 0.6) is 0 Å². The van der Waals surface area contributed by atoms with Crippen molar-refractivity contribution in [1.29, 1.82) is 0 Å². The number of carboxylic acid groups (broad SMARTS) is 1. The summed E-state index contributed by atoms with van der Waals surface area (Å²) in [7, 11) is 0. The maximum atomic E-state index is 13.5. The predicted molar refractivity (Wildman–Crippen MR) is 131 cm³/mol. The molecule has 2 aromatic rings. The topological polar surface area (TPSA) is 95.2 Å². The van der Waals surface area contributed by atoms with Crippen molar-refractivity contribution in [1.82, 2.24) is 14.3 Å². The standard InChI is InChI=1S/C22H26N4O4S2/c1-4-9-24(10-5-2)19-15(20(29)26-13-14(3)6-7-17(26)23-19)12-16-21(30)25(22(31)32-16)11-8-18(27)28/h6-7,12-13H,4-5,8-11H2,1-3H3,(H,27,28)/b16-12-. The molecule has 0 aromatic carbocycles. The van der Waals surface area contributed by atoms with E-state index in [9.17, 15) is 14.4 Å². The molecule has 10 heteroatoms. The highest BCUT2D eigenvalue weighted by Gasteiger charge is 2.33. The van der Waals surface area contributed by atoms with Crippen LogP contribution in [0.1, 0.15) is 44.2 Å². The first-order valence-electron chi connectivity index (χ1n) is 10.5. The fourth-order valence-corrected chi connectivity index (χ4v) is 4.80. The third-order valence-electron chi connectivity index (χ3n) is 4.97. The molecular weight excluding hydrogens is 448 g/mol. The van der Waals surface area contributed by atoms with Gasteiger partial charge in [-0.05, 0) is 37.5 Å². The molecule has 3 heterocycles. The molecule has 0 radical (unpaired) electrons. The predicted octanol–water partition coefficient (Wildman–Crippen LogP) is 3.31. The average Bonchev–Trinajstić information content (AvgIpc) is 3.01. The number of nitrogens with zero attached hydrogens (tertiary/aromatic N) is 4. The van der Waals surface area contributed by atoms with Crippen LogP contribution in [0, 0.1) is 6.92 Å². The largest absolute Gasteiger partial charge is 0.481 e. The number of anilines is 1. The molecule has 1 aliphatic heterocycles. The molecule has 1 saturated heterocycles. The Morgan fingerprint density at radius 2 is 1.94 bits per heavy atom. The Kier molecular flexibility index (Phi) is 7.68. The van der Waals surface area contributed by atoms with Gasteiger partial charge in [0.05, 0.1) is 16.9 Å². The molecule has 0 atom stereocenters. The molecule has 2 aromatic heterocycles. The Morgan fingerprint density at radius 3 is 2.56 bits per heavy atom. The first-order chi connectivity index (χ1) is 15.3. The van der Waals surface area contributed by atoms with Crippen LogP contribution >= 0.6 is 24.0 Å². The Morgan fingerprint density at radius 1 is 1.25 bits per heavy atom.